The number of carboxylic acid groups (broad SMARTS) is 1. The molecule has 102 valence electrons. The smallest absolute Gasteiger partial charge is 0.303 e. The summed E-state index contributed by atoms with van der Waals surface area (Å²) in [4.78, 5) is 31.5. The van der Waals surface area contributed by atoms with Gasteiger partial charge >= 0.3 is 5.97 Å². The van der Waals surface area contributed by atoms with E-state index in [0.29, 0.717) is 18.7 Å². The molecule has 0 aliphatic heterocycles. The highest BCUT2D eigenvalue weighted by Crippen LogP contribution is 2.21. The average Bonchev–Trinajstić information content (AvgIpc) is 2.34. The molecule has 8 heteroatoms. The van der Waals surface area contributed by atoms with Crippen molar-refractivity contribution in [1.29, 1.82) is 0 Å². The van der Waals surface area contributed by atoms with Gasteiger partial charge in [-0.25, -0.2) is 0 Å². The van der Waals surface area contributed by atoms with Crippen molar-refractivity contribution in [2.45, 2.75) is 12.8 Å². The van der Waals surface area contributed by atoms with Gasteiger partial charge in [0.2, 0.25) is 0 Å². The summed E-state index contributed by atoms with van der Waals surface area (Å²) < 4.78 is 0. The quantitative estimate of drug-likeness (QED) is 0.382. The molecule has 0 radical (unpaired) electrons. The Labute approximate surface area is 108 Å². The van der Waals surface area contributed by atoms with Crippen molar-refractivity contribution < 1.29 is 19.6 Å². The van der Waals surface area contributed by atoms with E-state index in [0.717, 1.165) is 6.07 Å². The van der Waals surface area contributed by atoms with E-state index in [1.54, 1.807) is 0 Å². The van der Waals surface area contributed by atoms with Crippen LogP contribution < -0.4 is 11.1 Å². The molecule has 0 aromatic heterocycles. The lowest BCUT2D eigenvalue weighted by atomic mass is 10.1. The lowest BCUT2D eigenvalue weighted by Gasteiger charge is -2.09. The summed E-state index contributed by atoms with van der Waals surface area (Å²) in [6, 6.07) is 3.70. The van der Waals surface area contributed by atoms with Gasteiger partial charge in [0, 0.05) is 30.8 Å². The van der Waals surface area contributed by atoms with Crippen molar-refractivity contribution in [3.8, 4) is 0 Å². The van der Waals surface area contributed by atoms with E-state index in [-0.39, 0.29) is 17.7 Å². The van der Waals surface area contributed by atoms with Gasteiger partial charge in [-0.05, 0) is 12.5 Å². The lowest BCUT2D eigenvalue weighted by Crippen LogP contribution is -2.15. The molecule has 0 heterocycles. The third-order valence-electron chi connectivity index (χ3n) is 2.36. The Morgan fingerprint density at radius 3 is 2.63 bits per heavy atom. The number of nitrogens with zero attached hydrogens (tertiary/aromatic N) is 1. The molecule has 0 atom stereocenters. The molecule has 0 fully saturated rings. The Hall–Kier alpha value is -2.64. The first-order chi connectivity index (χ1) is 8.91. The minimum Gasteiger partial charge on any atom is -0.481 e. The number of primary amides is 1. The summed E-state index contributed by atoms with van der Waals surface area (Å²) >= 11 is 0. The van der Waals surface area contributed by atoms with Crippen LogP contribution in [0.1, 0.15) is 23.2 Å². The van der Waals surface area contributed by atoms with Crippen LogP contribution in [0, 0.1) is 10.1 Å². The molecular weight excluding hydrogens is 254 g/mol. The van der Waals surface area contributed by atoms with Crippen molar-refractivity contribution in [2.24, 2.45) is 5.73 Å². The number of rotatable bonds is 7. The highest BCUT2D eigenvalue weighted by atomic mass is 16.6. The number of nitrogens with two attached hydrogens (primary N) is 1. The second-order valence-electron chi connectivity index (χ2n) is 3.78. The maximum absolute atomic E-state index is 11.2. The minimum absolute atomic E-state index is 0.00419. The molecule has 0 saturated carbocycles. The summed E-state index contributed by atoms with van der Waals surface area (Å²) in [5, 5.41) is 21.9. The number of nitrogens with one attached hydrogen (secondary N) is 1. The number of benzene rings is 1. The number of anilines is 1. The number of nitro groups is 1. The fourth-order valence-corrected chi connectivity index (χ4v) is 1.47. The minimum atomic E-state index is -0.916. The van der Waals surface area contributed by atoms with Crippen molar-refractivity contribution in [3.05, 3.63) is 33.9 Å². The van der Waals surface area contributed by atoms with Gasteiger partial charge < -0.3 is 16.2 Å². The Kier molecular flexibility index (Phi) is 4.81. The molecule has 1 amide bonds. The largest absolute Gasteiger partial charge is 0.481 e. The van der Waals surface area contributed by atoms with Gasteiger partial charge in [-0.3, -0.25) is 19.7 Å². The molecule has 8 nitrogen and oxygen atoms in total. The van der Waals surface area contributed by atoms with Crippen molar-refractivity contribution in [1.82, 2.24) is 0 Å². The number of carbonyl (C=O) groups excluding carboxylic acids is 1. The first-order valence-corrected chi connectivity index (χ1v) is 5.45. The molecule has 4 N–H and O–H groups in total. The molecular formula is C11H13N3O5. The van der Waals surface area contributed by atoms with Crippen LogP contribution in [0.3, 0.4) is 0 Å². The predicted molar refractivity (Wildman–Crippen MR) is 67.0 cm³/mol. The first-order valence-electron chi connectivity index (χ1n) is 5.45. The highest BCUT2D eigenvalue weighted by Gasteiger charge is 2.14. The lowest BCUT2D eigenvalue weighted by molar-refractivity contribution is -0.384. The summed E-state index contributed by atoms with van der Waals surface area (Å²) in [6.45, 7) is 0.324. The fourth-order valence-electron chi connectivity index (χ4n) is 1.47. The van der Waals surface area contributed by atoms with Crippen LogP contribution in [0.15, 0.2) is 18.2 Å². The number of aliphatic carboxylic acids is 1. The highest BCUT2D eigenvalue weighted by molar-refractivity contribution is 5.99. The van der Waals surface area contributed by atoms with Gasteiger partial charge in [0.05, 0.1) is 10.5 Å². The molecule has 0 unspecified atom stereocenters. The zero-order valence-corrected chi connectivity index (χ0v) is 9.96. The normalized spacial score (nSPS) is 9.89. The van der Waals surface area contributed by atoms with E-state index in [1.807, 2.05) is 0 Å². The van der Waals surface area contributed by atoms with Gasteiger partial charge in [-0.1, -0.05) is 0 Å². The topological polar surface area (TPSA) is 136 Å². The average molecular weight is 267 g/mol. The number of nitro benzene ring substituents is 1. The van der Waals surface area contributed by atoms with Crippen molar-refractivity contribution >= 4 is 23.3 Å². The van der Waals surface area contributed by atoms with Crippen LogP contribution in [-0.4, -0.2) is 28.5 Å². The van der Waals surface area contributed by atoms with E-state index < -0.39 is 16.8 Å². The summed E-state index contributed by atoms with van der Waals surface area (Å²) in [5.74, 6) is -1.70. The van der Waals surface area contributed by atoms with E-state index in [2.05, 4.69) is 5.32 Å². The monoisotopic (exact) mass is 267 g/mol. The van der Waals surface area contributed by atoms with Crippen molar-refractivity contribution in [2.75, 3.05) is 11.9 Å². The summed E-state index contributed by atoms with van der Waals surface area (Å²) in [7, 11) is 0. The summed E-state index contributed by atoms with van der Waals surface area (Å²) in [5.41, 5.74) is 5.26. The second kappa shape index (κ2) is 6.34. The predicted octanol–water partition coefficient (Wildman–Crippen LogP) is 0.970. The van der Waals surface area contributed by atoms with Crippen LogP contribution in [-0.2, 0) is 4.79 Å². The van der Waals surface area contributed by atoms with Crippen LogP contribution >= 0.6 is 0 Å². The number of hydrogen-bond donors (Lipinski definition) is 3. The first kappa shape index (κ1) is 14.4. The van der Waals surface area contributed by atoms with Gasteiger partial charge in [-0.2, -0.15) is 0 Å². The Morgan fingerprint density at radius 2 is 2.11 bits per heavy atom. The van der Waals surface area contributed by atoms with Crippen LogP contribution in [0.5, 0.6) is 0 Å². The Balaban J connectivity index is 2.79. The van der Waals surface area contributed by atoms with Crippen LogP contribution in [0.25, 0.3) is 0 Å². The molecule has 0 bridgehead atoms. The molecule has 19 heavy (non-hydrogen) atoms. The van der Waals surface area contributed by atoms with E-state index in [1.165, 1.54) is 12.1 Å². The zero-order chi connectivity index (χ0) is 14.4. The number of non-ortho nitro benzene ring substituents is 1. The molecule has 0 aliphatic rings. The standard InChI is InChI=1S/C11H13N3O5/c12-11(17)8-6-7(14(18)19)3-4-9(8)13-5-1-2-10(15)16/h3-4,6,13H,1-2,5H2,(H2,12,17)(H,15,16). The van der Waals surface area contributed by atoms with Gasteiger partial charge in [0.25, 0.3) is 11.6 Å². The van der Waals surface area contributed by atoms with Crippen LogP contribution in [0.4, 0.5) is 11.4 Å². The molecule has 0 aliphatic carbocycles. The Morgan fingerprint density at radius 1 is 1.42 bits per heavy atom. The number of carbonyl (C=O) groups is 2. The SMILES string of the molecule is NC(=O)c1cc([N+](=O)[O-])ccc1NCCCC(=O)O. The van der Waals surface area contributed by atoms with E-state index >= 15 is 0 Å². The maximum Gasteiger partial charge on any atom is 0.303 e. The van der Waals surface area contributed by atoms with Gasteiger partial charge in [0.1, 0.15) is 0 Å². The third-order valence-corrected chi connectivity index (χ3v) is 2.36. The van der Waals surface area contributed by atoms with Crippen molar-refractivity contribution in [3.63, 3.8) is 0 Å². The third kappa shape index (κ3) is 4.26. The molecule has 1 aromatic rings. The van der Waals surface area contributed by atoms with Gasteiger partial charge in [-0.15, -0.1) is 0 Å². The number of carboxylic acids is 1. The van der Waals surface area contributed by atoms with E-state index in [4.69, 9.17) is 10.8 Å². The maximum atomic E-state index is 11.2. The molecule has 1 rings (SSSR count). The number of amides is 1. The second-order valence-corrected chi connectivity index (χ2v) is 3.78. The number of hydrogen-bond acceptors (Lipinski definition) is 5. The fraction of sp³-hybridized carbons (Fsp3) is 0.273. The molecule has 1 aromatic carbocycles. The Bertz CT molecular complexity index is 515. The molecule has 0 saturated heterocycles. The van der Waals surface area contributed by atoms with Gasteiger partial charge in [0.15, 0.2) is 0 Å². The van der Waals surface area contributed by atoms with Crippen LogP contribution in [0.2, 0.25) is 0 Å². The van der Waals surface area contributed by atoms with E-state index in [9.17, 15) is 19.7 Å². The molecule has 0 spiro atoms. The zero-order valence-electron chi connectivity index (χ0n) is 9.96. The summed E-state index contributed by atoms with van der Waals surface area (Å²) in [6.07, 6.45) is 0.358.